The first-order valence-corrected chi connectivity index (χ1v) is 8.73. The van der Waals surface area contributed by atoms with E-state index in [-0.39, 0.29) is 17.7 Å². The summed E-state index contributed by atoms with van der Waals surface area (Å²) in [4.78, 5) is 16.7. The summed E-state index contributed by atoms with van der Waals surface area (Å²) in [6, 6.07) is 17.5. The van der Waals surface area contributed by atoms with Gasteiger partial charge in [-0.15, -0.1) is 0 Å². The fourth-order valence-corrected chi connectivity index (χ4v) is 3.03. The third-order valence-electron chi connectivity index (χ3n) is 4.56. The standard InChI is InChI=1S/C21H20N2O3/c24-20(18-12-17(18)19-9-5-11-25-19)23-13-16-8-4-10-22-21(16)26-14-15-6-2-1-3-7-15/h1-11,17-18H,12-14H2,(H,23,24)/t17-,18+/m0/s1. The van der Waals surface area contributed by atoms with Crippen molar-refractivity contribution >= 4 is 5.91 Å². The Morgan fingerprint density at radius 3 is 2.85 bits per heavy atom. The van der Waals surface area contributed by atoms with Crippen LogP contribution in [0.25, 0.3) is 0 Å². The highest BCUT2D eigenvalue weighted by atomic mass is 16.5. The molecule has 0 aliphatic heterocycles. The molecule has 1 aromatic carbocycles. The second-order valence-electron chi connectivity index (χ2n) is 6.42. The SMILES string of the molecule is O=C(NCc1cccnc1OCc1ccccc1)[C@@H]1C[C@@H]1c1ccco1. The number of carbonyl (C=O) groups is 1. The molecule has 0 bridgehead atoms. The highest BCUT2D eigenvalue weighted by Crippen LogP contribution is 2.47. The maximum Gasteiger partial charge on any atom is 0.224 e. The molecule has 0 saturated heterocycles. The molecular weight excluding hydrogens is 328 g/mol. The van der Waals surface area contributed by atoms with Gasteiger partial charge in [0.2, 0.25) is 11.8 Å². The molecule has 1 N–H and O–H groups in total. The largest absolute Gasteiger partial charge is 0.473 e. The van der Waals surface area contributed by atoms with E-state index in [1.54, 1.807) is 12.5 Å². The third kappa shape index (κ3) is 3.77. The predicted molar refractivity (Wildman–Crippen MR) is 96.4 cm³/mol. The van der Waals surface area contributed by atoms with E-state index >= 15 is 0 Å². The Balaban J connectivity index is 1.33. The average Bonchev–Trinajstić information content (AvgIpc) is 3.31. The number of carbonyl (C=O) groups excluding carboxylic acids is 1. The van der Waals surface area contributed by atoms with Crippen LogP contribution in [0.2, 0.25) is 0 Å². The first-order chi connectivity index (χ1) is 12.8. The number of amides is 1. The molecule has 2 heterocycles. The summed E-state index contributed by atoms with van der Waals surface area (Å²) in [6.07, 6.45) is 4.18. The summed E-state index contributed by atoms with van der Waals surface area (Å²) in [5.74, 6) is 1.68. The van der Waals surface area contributed by atoms with Gasteiger partial charge in [0.15, 0.2) is 0 Å². The molecule has 5 nitrogen and oxygen atoms in total. The number of nitrogens with one attached hydrogen (secondary N) is 1. The summed E-state index contributed by atoms with van der Waals surface area (Å²) in [5, 5.41) is 2.99. The molecule has 1 aliphatic carbocycles. The van der Waals surface area contributed by atoms with E-state index in [0.29, 0.717) is 19.0 Å². The lowest BCUT2D eigenvalue weighted by Gasteiger charge is -2.11. The lowest BCUT2D eigenvalue weighted by molar-refractivity contribution is -0.122. The minimum Gasteiger partial charge on any atom is -0.473 e. The van der Waals surface area contributed by atoms with Gasteiger partial charge >= 0.3 is 0 Å². The lowest BCUT2D eigenvalue weighted by Crippen LogP contribution is -2.25. The molecule has 2 aromatic heterocycles. The molecule has 132 valence electrons. The number of benzene rings is 1. The van der Waals surface area contributed by atoms with Crippen LogP contribution in [0.4, 0.5) is 0 Å². The minimum atomic E-state index is -0.00786. The van der Waals surface area contributed by atoms with Crippen LogP contribution >= 0.6 is 0 Å². The van der Waals surface area contributed by atoms with E-state index in [1.165, 1.54) is 0 Å². The topological polar surface area (TPSA) is 64.4 Å². The molecule has 4 rings (SSSR count). The fraction of sp³-hybridized carbons (Fsp3) is 0.238. The summed E-state index contributed by atoms with van der Waals surface area (Å²) in [7, 11) is 0. The van der Waals surface area contributed by atoms with Crippen LogP contribution in [0.1, 0.15) is 29.2 Å². The Kier molecular flexibility index (Phi) is 4.69. The molecule has 26 heavy (non-hydrogen) atoms. The normalized spacial score (nSPS) is 18.3. The van der Waals surface area contributed by atoms with Crippen LogP contribution in [0, 0.1) is 5.92 Å². The van der Waals surface area contributed by atoms with Gasteiger partial charge in [0.1, 0.15) is 12.4 Å². The van der Waals surface area contributed by atoms with Crippen molar-refractivity contribution in [2.24, 2.45) is 5.92 Å². The summed E-state index contributed by atoms with van der Waals surface area (Å²) >= 11 is 0. The molecule has 0 unspecified atom stereocenters. The van der Waals surface area contributed by atoms with E-state index in [1.807, 2.05) is 54.6 Å². The van der Waals surface area contributed by atoms with Crippen molar-refractivity contribution in [1.82, 2.24) is 10.3 Å². The van der Waals surface area contributed by atoms with Gasteiger partial charge in [0, 0.05) is 30.1 Å². The fourth-order valence-electron chi connectivity index (χ4n) is 3.03. The lowest BCUT2D eigenvalue weighted by atomic mass is 10.2. The molecule has 1 aliphatic rings. The maximum absolute atomic E-state index is 12.4. The molecule has 1 saturated carbocycles. The number of rotatable bonds is 7. The minimum absolute atomic E-state index is 0.00786. The smallest absolute Gasteiger partial charge is 0.224 e. The zero-order valence-electron chi connectivity index (χ0n) is 14.3. The monoisotopic (exact) mass is 348 g/mol. The number of aromatic nitrogens is 1. The number of nitrogens with zero attached hydrogens (tertiary/aromatic N) is 1. The van der Waals surface area contributed by atoms with Crippen molar-refractivity contribution in [1.29, 1.82) is 0 Å². The van der Waals surface area contributed by atoms with Gasteiger partial charge in [-0.05, 0) is 30.2 Å². The zero-order valence-corrected chi connectivity index (χ0v) is 14.3. The second-order valence-corrected chi connectivity index (χ2v) is 6.42. The van der Waals surface area contributed by atoms with E-state index in [2.05, 4.69) is 10.3 Å². The molecular formula is C21H20N2O3. The van der Waals surface area contributed by atoms with Gasteiger partial charge in [-0.25, -0.2) is 4.98 Å². The van der Waals surface area contributed by atoms with E-state index in [4.69, 9.17) is 9.15 Å². The van der Waals surface area contributed by atoms with Crippen LogP contribution in [0.15, 0.2) is 71.5 Å². The first-order valence-electron chi connectivity index (χ1n) is 8.73. The van der Waals surface area contributed by atoms with Crippen molar-refractivity contribution in [2.75, 3.05) is 0 Å². The van der Waals surface area contributed by atoms with Crippen LogP contribution in [-0.4, -0.2) is 10.9 Å². The van der Waals surface area contributed by atoms with Crippen molar-refractivity contribution in [3.8, 4) is 5.88 Å². The number of hydrogen-bond acceptors (Lipinski definition) is 4. The van der Waals surface area contributed by atoms with Gasteiger partial charge in [0.05, 0.1) is 6.26 Å². The van der Waals surface area contributed by atoms with Gasteiger partial charge < -0.3 is 14.5 Å². The molecule has 1 amide bonds. The Labute approximate surface area is 152 Å². The van der Waals surface area contributed by atoms with E-state index < -0.39 is 0 Å². The molecule has 0 spiro atoms. The molecule has 0 radical (unpaired) electrons. The van der Waals surface area contributed by atoms with Gasteiger partial charge in [-0.2, -0.15) is 0 Å². The van der Waals surface area contributed by atoms with E-state index in [9.17, 15) is 4.79 Å². The highest BCUT2D eigenvalue weighted by molar-refractivity contribution is 5.82. The van der Waals surface area contributed by atoms with E-state index in [0.717, 1.165) is 23.3 Å². The number of furan rings is 1. The van der Waals surface area contributed by atoms with Crippen molar-refractivity contribution in [3.63, 3.8) is 0 Å². The van der Waals surface area contributed by atoms with Crippen molar-refractivity contribution < 1.29 is 13.9 Å². The van der Waals surface area contributed by atoms with Crippen molar-refractivity contribution in [3.05, 3.63) is 83.9 Å². The predicted octanol–water partition coefficient (Wildman–Crippen LogP) is 3.67. The molecule has 5 heteroatoms. The Morgan fingerprint density at radius 2 is 2.04 bits per heavy atom. The van der Waals surface area contributed by atoms with Crippen LogP contribution in [0.5, 0.6) is 5.88 Å². The summed E-state index contributed by atoms with van der Waals surface area (Å²) in [6.45, 7) is 0.847. The summed E-state index contributed by atoms with van der Waals surface area (Å²) in [5.41, 5.74) is 1.94. The third-order valence-corrected chi connectivity index (χ3v) is 4.56. The van der Waals surface area contributed by atoms with Crippen LogP contribution in [0.3, 0.4) is 0 Å². The van der Waals surface area contributed by atoms with Crippen LogP contribution < -0.4 is 10.1 Å². The number of pyridine rings is 1. The average molecular weight is 348 g/mol. The first kappa shape index (κ1) is 16.4. The van der Waals surface area contributed by atoms with Gasteiger partial charge in [0.25, 0.3) is 0 Å². The zero-order chi connectivity index (χ0) is 17.8. The number of ether oxygens (including phenoxy) is 1. The number of hydrogen-bond donors (Lipinski definition) is 1. The molecule has 2 atom stereocenters. The quantitative estimate of drug-likeness (QED) is 0.707. The Hall–Kier alpha value is -3.08. The van der Waals surface area contributed by atoms with Gasteiger partial charge in [-0.1, -0.05) is 36.4 Å². The Morgan fingerprint density at radius 1 is 1.15 bits per heavy atom. The molecule has 1 fully saturated rings. The molecule has 3 aromatic rings. The van der Waals surface area contributed by atoms with Crippen molar-refractivity contribution in [2.45, 2.75) is 25.5 Å². The second kappa shape index (κ2) is 7.44. The van der Waals surface area contributed by atoms with Gasteiger partial charge in [-0.3, -0.25) is 4.79 Å². The maximum atomic E-state index is 12.4. The summed E-state index contributed by atoms with van der Waals surface area (Å²) < 4.78 is 11.2. The highest BCUT2D eigenvalue weighted by Gasteiger charge is 2.45. The Bertz CT molecular complexity index is 862. The van der Waals surface area contributed by atoms with Crippen LogP contribution in [-0.2, 0) is 17.9 Å².